The Morgan fingerprint density at radius 1 is 1.00 bits per heavy atom. The number of nitrogens with one attached hydrogen (secondary N) is 1. The average molecular weight is 360 g/mol. The topological polar surface area (TPSA) is 41.1 Å². The molecule has 2 aliphatic heterocycles. The lowest BCUT2D eigenvalue weighted by Crippen LogP contribution is -2.18. The fraction of sp³-hybridized carbons (Fsp3) is 0.238. The summed E-state index contributed by atoms with van der Waals surface area (Å²) in [6.07, 6.45) is 8.29. The molecule has 0 saturated carbocycles. The quantitative estimate of drug-likeness (QED) is 0.715. The van der Waals surface area contributed by atoms with Gasteiger partial charge in [0.25, 0.3) is 0 Å². The molecule has 5 heteroatoms. The number of nitrogens with zero attached hydrogens (tertiary/aromatic N) is 3. The predicted octanol–water partition coefficient (Wildman–Crippen LogP) is 4.96. The Morgan fingerprint density at radius 2 is 1.92 bits per heavy atom. The Hall–Kier alpha value is -2.53. The molecule has 3 aromatic rings. The summed E-state index contributed by atoms with van der Waals surface area (Å²) in [6.45, 7) is 2.26. The number of anilines is 2. The summed E-state index contributed by atoms with van der Waals surface area (Å²) >= 11 is 1.85. The maximum absolute atomic E-state index is 4.70. The van der Waals surface area contributed by atoms with Gasteiger partial charge in [0, 0.05) is 53.4 Å². The van der Waals surface area contributed by atoms with Gasteiger partial charge in [-0.1, -0.05) is 30.0 Å². The van der Waals surface area contributed by atoms with Crippen LogP contribution in [-0.4, -0.2) is 23.1 Å². The monoisotopic (exact) mass is 360 g/mol. The van der Waals surface area contributed by atoms with Gasteiger partial charge in [-0.05, 0) is 42.7 Å². The molecular formula is C21H20N4S. The highest BCUT2D eigenvalue weighted by Gasteiger charge is 2.24. The Morgan fingerprint density at radius 3 is 2.69 bits per heavy atom. The Balaban J connectivity index is 1.35. The summed E-state index contributed by atoms with van der Waals surface area (Å²) in [4.78, 5) is 12.6. The second kappa shape index (κ2) is 6.65. The molecule has 1 atom stereocenters. The van der Waals surface area contributed by atoms with E-state index >= 15 is 0 Å². The van der Waals surface area contributed by atoms with Gasteiger partial charge in [0.1, 0.15) is 11.2 Å². The molecule has 26 heavy (non-hydrogen) atoms. The molecule has 1 unspecified atom stereocenters. The zero-order valence-corrected chi connectivity index (χ0v) is 15.2. The van der Waals surface area contributed by atoms with Gasteiger partial charge in [0.05, 0.1) is 0 Å². The van der Waals surface area contributed by atoms with Crippen molar-refractivity contribution in [3.63, 3.8) is 0 Å². The van der Waals surface area contributed by atoms with E-state index in [0.717, 1.165) is 24.5 Å². The molecule has 0 aliphatic carbocycles. The van der Waals surface area contributed by atoms with Gasteiger partial charge in [-0.25, -0.2) is 4.98 Å². The number of thioether (sulfide) groups is 1. The Kier molecular flexibility index (Phi) is 4.02. The van der Waals surface area contributed by atoms with Crippen molar-refractivity contribution in [1.29, 1.82) is 0 Å². The fourth-order valence-electron chi connectivity index (χ4n) is 3.59. The maximum atomic E-state index is 4.70. The molecule has 0 bridgehead atoms. The van der Waals surface area contributed by atoms with E-state index < -0.39 is 0 Å². The number of fused-ring (bicyclic) bond motifs is 1. The minimum Gasteiger partial charge on any atom is -0.368 e. The molecule has 2 aromatic heterocycles. The number of hydrogen-bond acceptors (Lipinski definition) is 5. The summed E-state index contributed by atoms with van der Waals surface area (Å²) in [7, 11) is 0. The molecule has 1 aromatic carbocycles. The SMILES string of the molecule is c1cncc(-c2ccc3c(c2)SC(c2ccc(N4CCCC4)nc2)N3)c1. The molecule has 0 amide bonds. The third-order valence-electron chi connectivity index (χ3n) is 5.01. The summed E-state index contributed by atoms with van der Waals surface area (Å²) < 4.78 is 0. The summed E-state index contributed by atoms with van der Waals surface area (Å²) in [5.74, 6) is 1.10. The predicted molar refractivity (Wildman–Crippen MR) is 108 cm³/mol. The van der Waals surface area contributed by atoms with Crippen LogP contribution >= 0.6 is 11.8 Å². The summed E-state index contributed by atoms with van der Waals surface area (Å²) in [5, 5.41) is 3.83. The fourth-order valence-corrected chi connectivity index (χ4v) is 4.75. The van der Waals surface area contributed by atoms with Crippen molar-refractivity contribution in [2.45, 2.75) is 23.1 Å². The molecule has 130 valence electrons. The van der Waals surface area contributed by atoms with Crippen molar-refractivity contribution in [3.05, 3.63) is 66.6 Å². The molecular weight excluding hydrogens is 340 g/mol. The minimum atomic E-state index is 0.217. The highest BCUT2D eigenvalue weighted by Crippen LogP contribution is 2.47. The molecule has 5 rings (SSSR count). The minimum absolute atomic E-state index is 0.217. The highest BCUT2D eigenvalue weighted by molar-refractivity contribution is 8.00. The summed E-state index contributed by atoms with van der Waals surface area (Å²) in [6, 6.07) is 15.0. The van der Waals surface area contributed by atoms with Crippen molar-refractivity contribution in [1.82, 2.24) is 9.97 Å². The number of benzene rings is 1. The third kappa shape index (κ3) is 2.92. The van der Waals surface area contributed by atoms with Crippen LogP contribution < -0.4 is 10.2 Å². The molecule has 1 fully saturated rings. The van der Waals surface area contributed by atoms with Crippen LogP contribution in [0.1, 0.15) is 23.8 Å². The van der Waals surface area contributed by atoms with E-state index in [2.05, 4.69) is 51.6 Å². The van der Waals surface area contributed by atoms with Crippen molar-refractivity contribution in [2.24, 2.45) is 0 Å². The lowest BCUT2D eigenvalue weighted by Gasteiger charge is -2.17. The van der Waals surface area contributed by atoms with Gasteiger partial charge in [0.15, 0.2) is 0 Å². The van der Waals surface area contributed by atoms with E-state index in [0.29, 0.717) is 0 Å². The standard InChI is InChI=1S/C21H20N4S/c1-2-11-25(10-1)20-8-6-17(14-23-20)21-24-18-7-5-15(12-19(18)26-21)16-4-3-9-22-13-16/h3-9,12-14,21,24H,1-2,10-11H2. The Bertz CT molecular complexity index is 905. The molecule has 0 spiro atoms. The number of hydrogen-bond donors (Lipinski definition) is 1. The van der Waals surface area contributed by atoms with Crippen molar-refractivity contribution < 1.29 is 0 Å². The van der Waals surface area contributed by atoms with E-state index in [4.69, 9.17) is 4.98 Å². The second-order valence-electron chi connectivity index (χ2n) is 6.74. The maximum Gasteiger partial charge on any atom is 0.128 e. The van der Waals surface area contributed by atoms with Gasteiger partial charge >= 0.3 is 0 Å². The van der Waals surface area contributed by atoms with Crippen LogP contribution in [0.4, 0.5) is 11.5 Å². The summed E-state index contributed by atoms with van der Waals surface area (Å²) in [5.41, 5.74) is 4.76. The van der Waals surface area contributed by atoms with Crippen molar-refractivity contribution >= 4 is 23.3 Å². The third-order valence-corrected chi connectivity index (χ3v) is 6.23. The number of aromatic nitrogens is 2. The van der Waals surface area contributed by atoms with Gasteiger partial charge in [-0.2, -0.15) is 0 Å². The van der Waals surface area contributed by atoms with Crippen molar-refractivity contribution in [2.75, 3.05) is 23.3 Å². The van der Waals surface area contributed by atoms with Gasteiger partial charge in [-0.15, -0.1) is 0 Å². The van der Waals surface area contributed by atoms with Crippen LogP contribution in [0.3, 0.4) is 0 Å². The van der Waals surface area contributed by atoms with Crippen LogP contribution in [0.15, 0.2) is 66.0 Å². The molecule has 1 saturated heterocycles. The van der Waals surface area contributed by atoms with E-state index in [1.165, 1.54) is 34.6 Å². The lowest BCUT2D eigenvalue weighted by atomic mass is 10.1. The van der Waals surface area contributed by atoms with Gasteiger partial charge < -0.3 is 10.2 Å². The van der Waals surface area contributed by atoms with Gasteiger partial charge in [0.2, 0.25) is 0 Å². The van der Waals surface area contributed by atoms with Crippen LogP contribution in [0.5, 0.6) is 0 Å². The molecule has 2 aliphatic rings. The first-order valence-electron chi connectivity index (χ1n) is 9.05. The molecule has 4 nitrogen and oxygen atoms in total. The number of pyridine rings is 2. The first-order chi connectivity index (χ1) is 12.9. The van der Waals surface area contributed by atoms with Crippen LogP contribution in [-0.2, 0) is 0 Å². The molecule has 1 N–H and O–H groups in total. The van der Waals surface area contributed by atoms with E-state index in [1.54, 1.807) is 0 Å². The first kappa shape index (κ1) is 15.7. The molecule has 0 radical (unpaired) electrons. The lowest BCUT2D eigenvalue weighted by molar-refractivity contribution is 0.931. The van der Waals surface area contributed by atoms with Crippen molar-refractivity contribution in [3.8, 4) is 11.1 Å². The highest BCUT2D eigenvalue weighted by atomic mass is 32.2. The largest absolute Gasteiger partial charge is 0.368 e. The van der Waals surface area contributed by atoms with Crippen LogP contribution in [0.2, 0.25) is 0 Å². The zero-order chi connectivity index (χ0) is 17.3. The zero-order valence-electron chi connectivity index (χ0n) is 14.4. The van der Waals surface area contributed by atoms with E-state index in [-0.39, 0.29) is 5.37 Å². The average Bonchev–Trinajstić information content (AvgIpc) is 3.38. The molecule has 4 heterocycles. The Labute approximate surface area is 157 Å². The van der Waals surface area contributed by atoms with E-state index in [1.807, 2.05) is 36.4 Å². The van der Waals surface area contributed by atoms with Crippen LogP contribution in [0.25, 0.3) is 11.1 Å². The number of rotatable bonds is 3. The first-order valence-corrected chi connectivity index (χ1v) is 9.93. The smallest absolute Gasteiger partial charge is 0.128 e. The van der Waals surface area contributed by atoms with E-state index in [9.17, 15) is 0 Å². The second-order valence-corrected chi connectivity index (χ2v) is 7.89. The van der Waals surface area contributed by atoms with Gasteiger partial charge in [-0.3, -0.25) is 4.98 Å². The van der Waals surface area contributed by atoms with Crippen LogP contribution in [0, 0.1) is 0 Å². The normalized spacial score (nSPS) is 18.6.